The van der Waals surface area contributed by atoms with E-state index in [1.54, 1.807) is 6.07 Å². The predicted octanol–water partition coefficient (Wildman–Crippen LogP) is 3.22. The number of methoxy groups -OCH3 is 1. The highest BCUT2D eigenvalue weighted by atomic mass is 16.6. The van der Waals surface area contributed by atoms with Crippen molar-refractivity contribution in [3.63, 3.8) is 0 Å². The topological polar surface area (TPSA) is 93.9 Å². The largest absolute Gasteiger partial charge is 0.496 e. The van der Waals surface area contributed by atoms with Crippen LogP contribution in [-0.2, 0) is 16.1 Å². The van der Waals surface area contributed by atoms with Crippen molar-refractivity contribution in [2.75, 3.05) is 32.1 Å². The fraction of sp³-hybridized carbons (Fsp3) is 0.381. The van der Waals surface area contributed by atoms with Crippen molar-refractivity contribution in [3.8, 4) is 5.75 Å². The van der Waals surface area contributed by atoms with Crippen LogP contribution in [0.2, 0.25) is 0 Å². The van der Waals surface area contributed by atoms with Crippen molar-refractivity contribution in [1.29, 1.82) is 0 Å². The van der Waals surface area contributed by atoms with Crippen molar-refractivity contribution >= 4 is 17.3 Å². The summed E-state index contributed by atoms with van der Waals surface area (Å²) in [7, 11) is 1.43. The van der Waals surface area contributed by atoms with Crippen LogP contribution in [0.3, 0.4) is 0 Å². The summed E-state index contributed by atoms with van der Waals surface area (Å²) in [6.07, 6.45) is 2.09. The highest BCUT2D eigenvalue weighted by molar-refractivity contribution is 5.94. The van der Waals surface area contributed by atoms with Crippen LogP contribution in [0.4, 0.5) is 11.4 Å². The van der Waals surface area contributed by atoms with Crippen LogP contribution >= 0.6 is 0 Å². The number of carbonyl (C=O) groups excluding carboxylic acids is 1. The molecule has 1 N–H and O–H groups in total. The van der Waals surface area contributed by atoms with Crippen LogP contribution in [-0.4, -0.2) is 48.6 Å². The van der Waals surface area contributed by atoms with Gasteiger partial charge in [0.15, 0.2) is 0 Å². The van der Waals surface area contributed by atoms with Crippen LogP contribution < -0.4 is 10.1 Å². The molecule has 1 amide bonds. The Morgan fingerprint density at radius 3 is 2.76 bits per heavy atom. The zero-order valence-electron chi connectivity index (χ0n) is 16.4. The van der Waals surface area contributed by atoms with Crippen LogP contribution in [0.1, 0.15) is 18.4 Å². The first-order valence-corrected chi connectivity index (χ1v) is 9.55. The summed E-state index contributed by atoms with van der Waals surface area (Å²) in [5.41, 5.74) is 1.04. The van der Waals surface area contributed by atoms with E-state index in [2.05, 4.69) is 5.32 Å². The van der Waals surface area contributed by atoms with E-state index in [4.69, 9.17) is 9.47 Å². The summed E-state index contributed by atoms with van der Waals surface area (Å²) in [6.45, 7) is 2.08. The zero-order chi connectivity index (χ0) is 20.6. The molecule has 1 unspecified atom stereocenters. The Labute approximate surface area is 169 Å². The standard InChI is InChI=1S/C21H25N3O5/c1-28-17-9-10-19(20(12-17)24(26)27)22-21(25)15-23(14-18-8-5-11-29-18)13-16-6-3-2-4-7-16/h2-4,6-7,9-10,12,18H,5,8,11,13-15H2,1H3,(H,22,25). The van der Waals surface area contributed by atoms with E-state index in [0.717, 1.165) is 25.0 Å². The molecule has 0 bridgehead atoms. The van der Waals surface area contributed by atoms with Crippen molar-refractivity contribution in [2.24, 2.45) is 0 Å². The van der Waals surface area contributed by atoms with E-state index in [9.17, 15) is 14.9 Å². The lowest BCUT2D eigenvalue weighted by atomic mass is 10.2. The quantitative estimate of drug-likeness (QED) is 0.514. The molecule has 1 aliphatic heterocycles. The second-order valence-corrected chi connectivity index (χ2v) is 6.98. The third-order valence-electron chi connectivity index (χ3n) is 4.78. The summed E-state index contributed by atoms with van der Waals surface area (Å²) in [6, 6.07) is 14.2. The molecular formula is C21H25N3O5. The van der Waals surface area contributed by atoms with Gasteiger partial charge in [-0.05, 0) is 30.5 Å². The Morgan fingerprint density at radius 1 is 1.31 bits per heavy atom. The third-order valence-corrected chi connectivity index (χ3v) is 4.78. The number of amides is 1. The fourth-order valence-electron chi connectivity index (χ4n) is 3.39. The summed E-state index contributed by atoms with van der Waals surface area (Å²) >= 11 is 0. The van der Waals surface area contributed by atoms with Crippen LogP contribution in [0.5, 0.6) is 5.75 Å². The summed E-state index contributed by atoms with van der Waals surface area (Å²) in [5.74, 6) is 0.0472. The van der Waals surface area contributed by atoms with Gasteiger partial charge in [0.2, 0.25) is 5.91 Å². The molecule has 3 rings (SSSR count). The molecule has 0 aliphatic carbocycles. The number of carbonyl (C=O) groups is 1. The molecule has 0 aromatic heterocycles. The van der Waals surface area contributed by atoms with Gasteiger partial charge in [-0.1, -0.05) is 30.3 Å². The number of benzene rings is 2. The first kappa shape index (κ1) is 20.8. The average Bonchev–Trinajstić information content (AvgIpc) is 3.21. The van der Waals surface area contributed by atoms with Gasteiger partial charge in [0.1, 0.15) is 11.4 Å². The molecular weight excluding hydrogens is 374 g/mol. The van der Waals surface area contributed by atoms with E-state index in [1.165, 1.54) is 19.2 Å². The molecule has 1 aliphatic rings. The van der Waals surface area contributed by atoms with E-state index in [1.807, 2.05) is 35.2 Å². The van der Waals surface area contributed by atoms with E-state index >= 15 is 0 Å². The number of hydrogen-bond donors (Lipinski definition) is 1. The normalized spacial score (nSPS) is 16.0. The highest BCUT2D eigenvalue weighted by Crippen LogP contribution is 2.29. The van der Waals surface area contributed by atoms with Gasteiger partial charge < -0.3 is 14.8 Å². The van der Waals surface area contributed by atoms with Crippen molar-refractivity contribution in [3.05, 3.63) is 64.2 Å². The number of anilines is 1. The maximum absolute atomic E-state index is 12.7. The number of nitrogens with zero attached hydrogens (tertiary/aromatic N) is 2. The number of nitrogens with one attached hydrogen (secondary N) is 1. The molecule has 154 valence electrons. The van der Waals surface area contributed by atoms with Crippen LogP contribution in [0.15, 0.2) is 48.5 Å². The molecule has 1 heterocycles. The highest BCUT2D eigenvalue weighted by Gasteiger charge is 2.23. The first-order valence-electron chi connectivity index (χ1n) is 9.55. The fourth-order valence-corrected chi connectivity index (χ4v) is 3.39. The number of ether oxygens (including phenoxy) is 2. The van der Waals surface area contributed by atoms with Gasteiger partial charge in [-0.25, -0.2) is 0 Å². The van der Waals surface area contributed by atoms with E-state index in [0.29, 0.717) is 18.8 Å². The molecule has 8 nitrogen and oxygen atoms in total. The van der Waals surface area contributed by atoms with Gasteiger partial charge in [0.25, 0.3) is 5.69 Å². The Kier molecular flexibility index (Phi) is 7.15. The summed E-state index contributed by atoms with van der Waals surface area (Å²) in [5, 5.41) is 14.0. The maximum Gasteiger partial charge on any atom is 0.296 e. The number of nitro groups is 1. The monoisotopic (exact) mass is 399 g/mol. The molecule has 2 aromatic rings. The van der Waals surface area contributed by atoms with Gasteiger partial charge in [-0.2, -0.15) is 0 Å². The molecule has 1 fully saturated rings. The minimum absolute atomic E-state index is 0.0989. The van der Waals surface area contributed by atoms with E-state index in [-0.39, 0.29) is 29.9 Å². The SMILES string of the molecule is COc1ccc(NC(=O)CN(Cc2ccccc2)CC2CCCO2)c([N+](=O)[O-])c1. The van der Waals surface area contributed by atoms with E-state index < -0.39 is 4.92 Å². The van der Waals surface area contributed by atoms with Crippen molar-refractivity contribution < 1.29 is 19.2 Å². The lowest BCUT2D eigenvalue weighted by Gasteiger charge is -2.24. The van der Waals surface area contributed by atoms with Crippen LogP contribution in [0, 0.1) is 10.1 Å². The zero-order valence-corrected chi connectivity index (χ0v) is 16.4. The molecule has 0 spiro atoms. The minimum atomic E-state index is -0.535. The first-order chi connectivity index (χ1) is 14.0. The Hall–Kier alpha value is -2.97. The summed E-state index contributed by atoms with van der Waals surface area (Å²) < 4.78 is 10.8. The number of nitro benzene ring substituents is 1. The van der Waals surface area contributed by atoms with Gasteiger partial charge in [0, 0.05) is 19.7 Å². The average molecular weight is 399 g/mol. The summed E-state index contributed by atoms with van der Waals surface area (Å²) in [4.78, 5) is 25.5. The second kappa shape index (κ2) is 9.99. The lowest BCUT2D eigenvalue weighted by molar-refractivity contribution is -0.384. The molecule has 1 saturated heterocycles. The number of hydrogen-bond acceptors (Lipinski definition) is 6. The molecule has 2 aromatic carbocycles. The third kappa shape index (κ3) is 6.00. The Morgan fingerprint density at radius 2 is 2.10 bits per heavy atom. The van der Waals surface area contributed by atoms with Crippen molar-refractivity contribution in [2.45, 2.75) is 25.5 Å². The Bertz CT molecular complexity index is 837. The molecule has 0 radical (unpaired) electrons. The molecule has 0 saturated carbocycles. The maximum atomic E-state index is 12.7. The van der Waals surface area contributed by atoms with Crippen molar-refractivity contribution in [1.82, 2.24) is 4.90 Å². The second-order valence-electron chi connectivity index (χ2n) is 6.98. The van der Waals surface area contributed by atoms with Gasteiger partial charge in [0.05, 0.1) is 30.7 Å². The van der Waals surface area contributed by atoms with Gasteiger partial charge in [-0.15, -0.1) is 0 Å². The van der Waals surface area contributed by atoms with Crippen LogP contribution in [0.25, 0.3) is 0 Å². The molecule has 1 atom stereocenters. The number of rotatable bonds is 9. The van der Waals surface area contributed by atoms with Gasteiger partial charge in [-0.3, -0.25) is 19.8 Å². The molecule has 29 heavy (non-hydrogen) atoms. The molecule has 8 heteroatoms. The lowest BCUT2D eigenvalue weighted by Crippen LogP contribution is -2.38. The predicted molar refractivity (Wildman–Crippen MR) is 109 cm³/mol. The Balaban J connectivity index is 1.69. The smallest absolute Gasteiger partial charge is 0.296 e. The minimum Gasteiger partial charge on any atom is -0.496 e. The van der Waals surface area contributed by atoms with Gasteiger partial charge >= 0.3 is 0 Å².